The van der Waals surface area contributed by atoms with Gasteiger partial charge in [-0.3, -0.25) is 4.79 Å². The molecule has 0 radical (unpaired) electrons. The Morgan fingerprint density at radius 3 is 2.82 bits per heavy atom. The van der Waals surface area contributed by atoms with E-state index in [2.05, 4.69) is 31.2 Å². The number of aryl methyl sites for hydroxylation is 1. The molecule has 0 aliphatic carbocycles. The number of halogens is 1. The number of nitrogens with one attached hydrogen (secondary N) is 1. The fraction of sp³-hybridized carbons (Fsp3) is 0.0833. The predicted octanol–water partition coefficient (Wildman–Crippen LogP) is 2.80. The van der Waals surface area contributed by atoms with Gasteiger partial charge < -0.3 is 5.32 Å². The summed E-state index contributed by atoms with van der Waals surface area (Å²) < 4.78 is 0.658. The van der Waals surface area contributed by atoms with Crippen LogP contribution in [0.5, 0.6) is 0 Å². The van der Waals surface area contributed by atoms with Gasteiger partial charge in [-0.2, -0.15) is 0 Å². The van der Waals surface area contributed by atoms with Crippen molar-refractivity contribution in [1.82, 2.24) is 9.97 Å². The quantitative estimate of drug-likeness (QED) is 0.926. The van der Waals surface area contributed by atoms with Crippen LogP contribution >= 0.6 is 15.9 Å². The Labute approximate surface area is 107 Å². The fourth-order valence-corrected chi connectivity index (χ4v) is 1.77. The summed E-state index contributed by atoms with van der Waals surface area (Å²) in [6.07, 6.45) is 3.22. The van der Waals surface area contributed by atoms with Gasteiger partial charge in [-0.25, -0.2) is 9.97 Å². The molecule has 0 bridgehead atoms. The first kappa shape index (κ1) is 11.7. The third kappa shape index (κ3) is 2.88. The highest BCUT2D eigenvalue weighted by Gasteiger charge is 2.11. The molecule has 1 N–H and O–H groups in total. The molecular formula is C12H10BrN3O. The van der Waals surface area contributed by atoms with Crippen molar-refractivity contribution in [2.45, 2.75) is 6.92 Å². The SMILES string of the molecule is Cc1ccnc(NC(=O)c2ncccc2Br)c1. The first-order valence-electron chi connectivity index (χ1n) is 5.01. The van der Waals surface area contributed by atoms with E-state index in [1.165, 1.54) is 0 Å². The summed E-state index contributed by atoms with van der Waals surface area (Å²) in [6, 6.07) is 7.19. The maximum atomic E-state index is 11.9. The van der Waals surface area contributed by atoms with Gasteiger partial charge in [0.05, 0.1) is 0 Å². The maximum absolute atomic E-state index is 11.9. The molecule has 4 nitrogen and oxygen atoms in total. The molecule has 0 saturated heterocycles. The Morgan fingerprint density at radius 2 is 2.12 bits per heavy atom. The lowest BCUT2D eigenvalue weighted by atomic mass is 10.3. The van der Waals surface area contributed by atoms with Crippen molar-refractivity contribution in [3.63, 3.8) is 0 Å². The number of anilines is 1. The third-order valence-corrected chi connectivity index (χ3v) is 2.77. The van der Waals surface area contributed by atoms with Crippen LogP contribution < -0.4 is 5.32 Å². The molecule has 0 unspecified atom stereocenters. The molecule has 5 heteroatoms. The molecule has 2 rings (SSSR count). The predicted molar refractivity (Wildman–Crippen MR) is 68.9 cm³/mol. The fourth-order valence-electron chi connectivity index (χ4n) is 1.33. The van der Waals surface area contributed by atoms with Crippen molar-refractivity contribution in [2.24, 2.45) is 0 Å². The van der Waals surface area contributed by atoms with E-state index in [1.54, 1.807) is 30.6 Å². The Balaban J connectivity index is 2.20. The number of hydrogen-bond acceptors (Lipinski definition) is 3. The van der Waals surface area contributed by atoms with Crippen LogP contribution in [-0.2, 0) is 0 Å². The zero-order chi connectivity index (χ0) is 12.3. The van der Waals surface area contributed by atoms with E-state index in [4.69, 9.17) is 0 Å². The van der Waals surface area contributed by atoms with Gasteiger partial charge in [0.25, 0.3) is 5.91 Å². The van der Waals surface area contributed by atoms with E-state index >= 15 is 0 Å². The van der Waals surface area contributed by atoms with Crippen molar-refractivity contribution in [3.05, 3.63) is 52.4 Å². The lowest BCUT2D eigenvalue weighted by molar-refractivity contribution is 0.102. The van der Waals surface area contributed by atoms with Gasteiger partial charge >= 0.3 is 0 Å². The van der Waals surface area contributed by atoms with Crippen LogP contribution in [0.4, 0.5) is 5.82 Å². The number of hydrogen-bond donors (Lipinski definition) is 1. The molecule has 17 heavy (non-hydrogen) atoms. The van der Waals surface area contributed by atoms with E-state index in [1.807, 2.05) is 13.0 Å². The minimum Gasteiger partial charge on any atom is -0.305 e. The minimum atomic E-state index is -0.282. The van der Waals surface area contributed by atoms with Gasteiger partial charge in [-0.1, -0.05) is 0 Å². The van der Waals surface area contributed by atoms with E-state index < -0.39 is 0 Å². The number of aromatic nitrogens is 2. The van der Waals surface area contributed by atoms with Crippen LogP contribution in [0.1, 0.15) is 16.1 Å². The lowest BCUT2D eigenvalue weighted by Crippen LogP contribution is -2.15. The molecule has 86 valence electrons. The molecule has 0 spiro atoms. The van der Waals surface area contributed by atoms with Crippen molar-refractivity contribution >= 4 is 27.7 Å². The van der Waals surface area contributed by atoms with Gasteiger partial charge in [0.1, 0.15) is 11.5 Å². The van der Waals surface area contributed by atoms with Crippen LogP contribution in [0, 0.1) is 6.92 Å². The molecular weight excluding hydrogens is 282 g/mol. The second-order valence-electron chi connectivity index (χ2n) is 3.51. The van der Waals surface area contributed by atoms with Crippen LogP contribution in [0.25, 0.3) is 0 Å². The zero-order valence-corrected chi connectivity index (χ0v) is 10.7. The average Bonchev–Trinajstić information content (AvgIpc) is 2.29. The Morgan fingerprint density at radius 1 is 1.29 bits per heavy atom. The summed E-state index contributed by atoms with van der Waals surface area (Å²) >= 11 is 3.28. The van der Waals surface area contributed by atoms with Gasteiger partial charge in [0.15, 0.2) is 0 Å². The van der Waals surface area contributed by atoms with E-state index in [9.17, 15) is 4.79 Å². The monoisotopic (exact) mass is 291 g/mol. The van der Waals surface area contributed by atoms with Crippen LogP contribution in [-0.4, -0.2) is 15.9 Å². The number of rotatable bonds is 2. The number of carbonyl (C=O) groups is 1. The van der Waals surface area contributed by atoms with Crippen molar-refractivity contribution in [2.75, 3.05) is 5.32 Å². The summed E-state index contributed by atoms with van der Waals surface area (Å²) in [5.74, 6) is 0.239. The Kier molecular flexibility index (Phi) is 3.49. The smallest absolute Gasteiger partial charge is 0.276 e. The molecule has 0 aliphatic rings. The summed E-state index contributed by atoms with van der Waals surface area (Å²) in [5.41, 5.74) is 1.38. The average molecular weight is 292 g/mol. The first-order chi connectivity index (χ1) is 8.16. The van der Waals surface area contributed by atoms with Gasteiger partial charge in [0.2, 0.25) is 0 Å². The number of pyridine rings is 2. The highest BCUT2D eigenvalue weighted by molar-refractivity contribution is 9.10. The highest BCUT2D eigenvalue weighted by Crippen LogP contribution is 2.15. The molecule has 2 aromatic rings. The Bertz CT molecular complexity index is 557. The van der Waals surface area contributed by atoms with Crippen molar-refractivity contribution in [3.8, 4) is 0 Å². The molecule has 1 amide bonds. The number of amides is 1. The van der Waals surface area contributed by atoms with E-state index in [-0.39, 0.29) is 5.91 Å². The van der Waals surface area contributed by atoms with Gasteiger partial charge in [-0.05, 0) is 52.7 Å². The molecule has 0 atom stereocenters. The molecule has 0 aliphatic heterocycles. The molecule has 0 aromatic carbocycles. The van der Waals surface area contributed by atoms with Gasteiger partial charge in [-0.15, -0.1) is 0 Å². The van der Waals surface area contributed by atoms with Crippen molar-refractivity contribution < 1.29 is 4.79 Å². The standard InChI is InChI=1S/C12H10BrN3O/c1-8-4-6-14-10(7-8)16-12(17)11-9(13)3-2-5-15-11/h2-7H,1H3,(H,14,16,17). The normalized spacial score (nSPS) is 10.0. The maximum Gasteiger partial charge on any atom is 0.276 e. The van der Waals surface area contributed by atoms with Crippen LogP contribution in [0.15, 0.2) is 41.1 Å². The topological polar surface area (TPSA) is 54.9 Å². The second kappa shape index (κ2) is 5.05. The number of nitrogens with zero attached hydrogens (tertiary/aromatic N) is 2. The number of carbonyl (C=O) groups excluding carboxylic acids is 1. The second-order valence-corrected chi connectivity index (χ2v) is 4.36. The van der Waals surface area contributed by atoms with E-state index in [0.717, 1.165) is 5.56 Å². The highest BCUT2D eigenvalue weighted by atomic mass is 79.9. The summed E-state index contributed by atoms with van der Waals surface area (Å²) in [5, 5.41) is 2.70. The summed E-state index contributed by atoms with van der Waals surface area (Å²) in [7, 11) is 0. The summed E-state index contributed by atoms with van der Waals surface area (Å²) in [6.45, 7) is 1.94. The van der Waals surface area contributed by atoms with Crippen molar-refractivity contribution in [1.29, 1.82) is 0 Å². The molecule has 2 aromatic heterocycles. The molecule has 2 heterocycles. The molecule has 0 fully saturated rings. The van der Waals surface area contributed by atoms with Crippen LogP contribution in [0.2, 0.25) is 0 Å². The first-order valence-corrected chi connectivity index (χ1v) is 5.80. The third-order valence-electron chi connectivity index (χ3n) is 2.13. The minimum absolute atomic E-state index is 0.282. The molecule has 0 saturated carbocycles. The van der Waals surface area contributed by atoms with Gasteiger partial charge in [0, 0.05) is 16.9 Å². The largest absolute Gasteiger partial charge is 0.305 e. The summed E-state index contributed by atoms with van der Waals surface area (Å²) in [4.78, 5) is 20.0. The lowest BCUT2D eigenvalue weighted by Gasteiger charge is -2.05. The Hall–Kier alpha value is -1.75. The van der Waals surface area contributed by atoms with E-state index in [0.29, 0.717) is 16.0 Å². The van der Waals surface area contributed by atoms with Crippen LogP contribution in [0.3, 0.4) is 0 Å². The zero-order valence-electron chi connectivity index (χ0n) is 9.14.